The van der Waals surface area contributed by atoms with Crippen LogP contribution in [0.15, 0.2) is 48.5 Å². The summed E-state index contributed by atoms with van der Waals surface area (Å²) >= 11 is 0. The third-order valence-electron chi connectivity index (χ3n) is 3.19. The SMILES string of the molecule is CC(C)Oc1ccc(NC(=O)CCc2ccccc2N)cc1. The Hall–Kier alpha value is -2.49. The summed E-state index contributed by atoms with van der Waals surface area (Å²) in [6.45, 7) is 3.95. The van der Waals surface area contributed by atoms with Crippen molar-refractivity contribution in [2.24, 2.45) is 0 Å². The Morgan fingerprint density at radius 3 is 2.45 bits per heavy atom. The number of benzene rings is 2. The normalized spacial score (nSPS) is 10.5. The van der Waals surface area contributed by atoms with Gasteiger partial charge in [0.25, 0.3) is 0 Å². The van der Waals surface area contributed by atoms with Crippen LogP contribution in [0.5, 0.6) is 5.75 Å². The fourth-order valence-corrected chi connectivity index (χ4v) is 2.12. The molecule has 0 aliphatic carbocycles. The summed E-state index contributed by atoms with van der Waals surface area (Å²) in [6, 6.07) is 15.0. The molecule has 4 nitrogen and oxygen atoms in total. The molecule has 0 aromatic heterocycles. The molecule has 0 atom stereocenters. The molecule has 4 heteroatoms. The number of carbonyl (C=O) groups is 1. The first kappa shape index (κ1) is 15.9. The van der Waals surface area contributed by atoms with Crippen molar-refractivity contribution in [2.75, 3.05) is 11.1 Å². The summed E-state index contributed by atoms with van der Waals surface area (Å²) in [5.74, 6) is 0.769. The van der Waals surface area contributed by atoms with Crippen LogP contribution in [-0.2, 0) is 11.2 Å². The number of aryl methyl sites for hydroxylation is 1. The lowest BCUT2D eigenvalue weighted by Crippen LogP contribution is -2.12. The molecule has 1 amide bonds. The number of ether oxygens (including phenoxy) is 1. The molecule has 0 radical (unpaired) electrons. The zero-order valence-corrected chi connectivity index (χ0v) is 13.0. The van der Waals surface area contributed by atoms with Crippen molar-refractivity contribution in [3.05, 3.63) is 54.1 Å². The summed E-state index contributed by atoms with van der Waals surface area (Å²) in [5.41, 5.74) is 8.36. The number of nitrogen functional groups attached to an aromatic ring is 1. The second kappa shape index (κ2) is 7.50. The van der Waals surface area contributed by atoms with Crippen LogP contribution >= 0.6 is 0 Å². The van der Waals surface area contributed by atoms with Gasteiger partial charge in [0.15, 0.2) is 0 Å². The number of anilines is 2. The highest BCUT2D eigenvalue weighted by molar-refractivity contribution is 5.90. The predicted octanol–water partition coefficient (Wildman–Crippen LogP) is 3.63. The Kier molecular flexibility index (Phi) is 5.42. The molecule has 0 saturated carbocycles. The van der Waals surface area contributed by atoms with Gasteiger partial charge in [0.2, 0.25) is 5.91 Å². The molecule has 0 unspecified atom stereocenters. The molecule has 2 rings (SSSR count). The molecular weight excluding hydrogens is 276 g/mol. The van der Waals surface area contributed by atoms with E-state index in [0.717, 1.165) is 22.7 Å². The van der Waals surface area contributed by atoms with Gasteiger partial charge in [-0.15, -0.1) is 0 Å². The van der Waals surface area contributed by atoms with E-state index in [1.807, 2.05) is 62.4 Å². The largest absolute Gasteiger partial charge is 0.491 e. The molecule has 0 spiro atoms. The van der Waals surface area contributed by atoms with Gasteiger partial charge in [0, 0.05) is 17.8 Å². The van der Waals surface area contributed by atoms with Crippen LogP contribution in [0.4, 0.5) is 11.4 Å². The highest BCUT2D eigenvalue weighted by atomic mass is 16.5. The number of hydrogen-bond donors (Lipinski definition) is 2. The number of para-hydroxylation sites is 1. The second-order valence-corrected chi connectivity index (χ2v) is 5.44. The van der Waals surface area contributed by atoms with Crippen molar-refractivity contribution in [3.8, 4) is 5.75 Å². The van der Waals surface area contributed by atoms with Crippen LogP contribution in [0.3, 0.4) is 0 Å². The van der Waals surface area contributed by atoms with Gasteiger partial charge in [-0.3, -0.25) is 4.79 Å². The molecule has 0 aliphatic rings. The van der Waals surface area contributed by atoms with Gasteiger partial charge in [-0.1, -0.05) is 18.2 Å². The number of hydrogen-bond acceptors (Lipinski definition) is 3. The maximum Gasteiger partial charge on any atom is 0.224 e. The van der Waals surface area contributed by atoms with Crippen molar-refractivity contribution in [3.63, 3.8) is 0 Å². The first-order valence-corrected chi connectivity index (χ1v) is 7.44. The first-order chi connectivity index (χ1) is 10.5. The molecule has 22 heavy (non-hydrogen) atoms. The van der Waals surface area contributed by atoms with Crippen molar-refractivity contribution in [1.82, 2.24) is 0 Å². The van der Waals surface area contributed by atoms with Crippen molar-refractivity contribution in [2.45, 2.75) is 32.8 Å². The zero-order chi connectivity index (χ0) is 15.9. The van der Waals surface area contributed by atoms with Gasteiger partial charge >= 0.3 is 0 Å². The minimum absolute atomic E-state index is 0.0271. The van der Waals surface area contributed by atoms with Crippen LogP contribution < -0.4 is 15.8 Å². The lowest BCUT2D eigenvalue weighted by molar-refractivity contribution is -0.116. The van der Waals surface area contributed by atoms with E-state index in [9.17, 15) is 4.79 Å². The molecule has 0 bridgehead atoms. The van der Waals surface area contributed by atoms with Crippen molar-refractivity contribution < 1.29 is 9.53 Å². The van der Waals surface area contributed by atoms with E-state index < -0.39 is 0 Å². The van der Waals surface area contributed by atoms with Crippen LogP contribution in [0.1, 0.15) is 25.8 Å². The van der Waals surface area contributed by atoms with Crippen LogP contribution in [0.25, 0.3) is 0 Å². The second-order valence-electron chi connectivity index (χ2n) is 5.44. The third kappa shape index (κ3) is 4.81. The zero-order valence-electron chi connectivity index (χ0n) is 13.0. The molecule has 116 valence electrons. The topological polar surface area (TPSA) is 64.3 Å². The summed E-state index contributed by atoms with van der Waals surface area (Å²) in [5, 5.41) is 2.88. The number of nitrogens with two attached hydrogens (primary N) is 1. The van der Waals surface area contributed by atoms with E-state index in [1.165, 1.54) is 0 Å². The van der Waals surface area contributed by atoms with Gasteiger partial charge in [0.1, 0.15) is 5.75 Å². The van der Waals surface area contributed by atoms with Gasteiger partial charge < -0.3 is 15.8 Å². The molecule has 3 N–H and O–H groups in total. The van der Waals surface area contributed by atoms with Gasteiger partial charge in [-0.25, -0.2) is 0 Å². The Morgan fingerprint density at radius 2 is 1.82 bits per heavy atom. The molecule has 0 aliphatic heterocycles. The lowest BCUT2D eigenvalue weighted by atomic mass is 10.1. The Balaban J connectivity index is 1.85. The van der Waals surface area contributed by atoms with E-state index in [4.69, 9.17) is 10.5 Å². The standard InChI is InChI=1S/C18H22N2O2/c1-13(2)22-16-10-8-15(9-11-16)20-18(21)12-7-14-5-3-4-6-17(14)19/h3-6,8-11,13H,7,12,19H2,1-2H3,(H,20,21). The molecule has 0 heterocycles. The van der Waals surface area contributed by atoms with Gasteiger partial charge in [-0.2, -0.15) is 0 Å². The van der Waals surface area contributed by atoms with Crippen LogP contribution in [-0.4, -0.2) is 12.0 Å². The maximum absolute atomic E-state index is 12.0. The summed E-state index contributed by atoms with van der Waals surface area (Å²) in [7, 11) is 0. The summed E-state index contributed by atoms with van der Waals surface area (Å²) < 4.78 is 5.57. The number of rotatable bonds is 6. The maximum atomic E-state index is 12.0. The number of carbonyl (C=O) groups excluding carboxylic acids is 1. The number of nitrogens with one attached hydrogen (secondary N) is 1. The highest BCUT2D eigenvalue weighted by Gasteiger charge is 2.05. The third-order valence-corrected chi connectivity index (χ3v) is 3.19. The first-order valence-electron chi connectivity index (χ1n) is 7.44. The van der Waals surface area contributed by atoms with E-state index >= 15 is 0 Å². The van der Waals surface area contributed by atoms with Crippen LogP contribution in [0, 0.1) is 0 Å². The van der Waals surface area contributed by atoms with E-state index in [2.05, 4.69) is 5.32 Å². The molecule has 2 aromatic rings. The molecule has 2 aromatic carbocycles. The average Bonchev–Trinajstić information content (AvgIpc) is 2.48. The van der Waals surface area contributed by atoms with Crippen molar-refractivity contribution >= 4 is 17.3 Å². The minimum Gasteiger partial charge on any atom is -0.491 e. The fraction of sp³-hybridized carbons (Fsp3) is 0.278. The van der Waals surface area contributed by atoms with E-state index in [0.29, 0.717) is 12.8 Å². The monoisotopic (exact) mass is 298 g/mol. The Morgan fingerprint density at radius 1 is 1.14 bits per heavy atom. The quantitative estimate of drug-likeness (QED) is 0.800. The minimum atomic E-state index is -0.0271. The van der Waals surface area contributed by atoms with Gasteiger partial charge in [-0.05, 0) is 56.2 Å². The lowest BCUT2D eigenvalue weighted by Gasteiger charge is -2.11. The predicted molar refractivity (Wildman–Crippen MR) is 90.0 cm³/mol. The molecule has 0 saturated heterocycles. The smallest absolute Gasteiger partial charge is 0.224 e. The van der Waals surface area contributed by atoms with E-state index in [1.54, 1.807) is 0 Å². The Bertz CT molecular complexity index is 621. The number of amides is 1. The fourth-order valence-electron chi connectivity index (χ4n) is 2.12. The van der Waals surface area contributed by atoms with Crippen molar-refractivity contribution in [1.29, 1.82) is 0 Å². The molecule has 0 fully saturated rings. The van der Waals surface area contributed by atoms with E-state index in [-0.39, 0.29) is 12.0 Å². The highest BCUT2D eigenvalue weighted by Crippen LogP contribution is 2.18. The average molecular weight is 298 g/mol. The van der Waals surface area contributed by atoms with Gasteiger partial charge in [0.05, 0.1) is 6.10 Å². The summed E-state index contributed by atoms with van der Waals surface area (Å²) in [6.07, 6.45) is 1.17. The Labute approximate surface area is 131 Å². The summed E-state index contributed by atoms with van der Waals surface area (Å²) in [4.78, 5) is 12.0. The van der Waals surface area contributed by atoms with Crippen LogP contribution in [0.2, 0.25) is 0 Å². The molecular formula is C18H22N2O2.